The van der Waals surface area contributed by atoms with Crippen LogP contribution >= 0.6 is 0 Å². The van der Waals surface area contributed by atoms with Gasteiger partial charge < -0.3 is 5.73 Å². The molecule has 0 atom stereocenters. The number of rotatable bonds is 4. The van der Waals surface area contributed by atoms with Crippen LogP contribution in [-0.2, 0) is 9.84 Å². The molecule has 0 aromatic heterocycles. The van der Waals surface area contributed by atoms with E-state index in [4.69, 9.17) is 5.73 Å². The van der Waals surface area contributed by atoms with Crippen molar-refractivity contribution < 1.29 is 12.8 Å². The van der Waals surface area contributed by atoms with Crippen LogP contribution in [0, 0.1) is 12.7 Å². The maximum Gasteiger partial charge on any atom is 0.178 e. The lowest BCUT2D eigenvalue weighted by Gasteiger charge is -2.18. The molecule has 96 valence electrons. The molecule has 0 saturated heterocycles. The third-order valence-electron chi connectivity index (χ3n) is 2.49. The summed E-state index contributed by atoms with van der Waals surface area (Å²) in [5.74, 6) is -0.455. The minimum atomic E-state index is -3.39. The molecule has 1 rings (SSSR count). The fraction of sp³-hybridized carbons (Fsp3) is 0.500. The lowest BCUT2D eigenvalue weighted by Crippen LogP contribution is -2.34. The van der Waals surface area contributed by atoms with Crippen LogP contribution < -0.4 is 5.73 Å². The van der Waals surface area contributed by atoms with Crippen LogP contribution in [0.3, 0.4) is 0 Å². The molecule has 3 nitrogen and oxygen atoms in total. The van der Waals surface area contributed by atoms with E-state index in [1.165, 1.54) is 12.1 Å². The molecular formula is C12H18FNO2S. The van der Waals surface area contributed by atoms with Gasteiger partial charge in [-0.2, -0.15) is 0 Å². The van der Waals surface area contributed by atoms with Crippen molar-refractivity contribution in [2.45, 2.75) is 37.6 Å². The zero-order chi connectivity index (χ0) is 13.3. The van der Waals surface area contributed by atoms with Crippen LogP contribution in [0.5, 0.6) is 0 Å². The van der Waals surface area contributed by atoms with E-state index in [2.05, 4.69) is 0 Å². The number of nitrogens with two attached hydrogens (primary N) is 1. The Morgan fingerprint density at radius 3 is 2.41 bits per heavy atom. The van der Waals surface area contributed by atoms with E-state index in [0.717, 1.165) is 6.07 Å². The van der Waals surface area contributed by atoms with Gasteiger partial charge in [-0.25, -0.2) is 12.8 Å². The number of sulfone groups is 1. The second-order valence-corrected chi connectivity index (χ2v) is 7.04. The molecule has 1 aromatic carbocycles. The number of aryl methyl sites for hydroxylation is 1. The molecular weight excluding hydrogens is 241 g/mol. The normalized spacial score (nSPS) is 12.8. The summed E-state index contributed by atoms with van der Waals surface area (Å²) in [5, 5.41) is 0. The van der Waals surface area contributed by atoms with Gasteiger partial charge in [0.05, 0.1) is 10.6 Å². The first-order valence-electron chi connectivity index (χ1n) is 5.40. The fourth-order valence-corrected chi connectivity index (χ4v) is 3.31. The van der Waals surface area contributed by atoms with Crippen molar-refractivity contribution in [1.82, 2.24) is 0 Å². The van der Waals surface area contributed by atoms with Crippen molar-refractivity contribution in [2.24, 2.45) is 5.73 Å². The van der Waals surface area contributed by atoms with E-state index < -0.39 is 21.2 Å². The average molecular weight is 259 g/mol. The Bertz CT molecular complexity index is 504. The number of benzene rings is 1. The number of hydrogen-bond donors (Lipinski definition) is 1. The molecule has 0 spiro atoms. The highest BCUT2D eigenvalue weighted by atomic mass is 32.2. The molecule has 0 aliphatic rings. The van der Waals surface area contributed by atoms with Gasteiger partial charge in [0.25, 0.3) is 0 Å². The Balaban J connectivity index is 2.98. The van der Waals surface area contributed by atoms with Crippen LogP contribution in [0.1, 0.15) is 25.8 Å². The van der Waals surface area contributed by atoms with Crippen LogP contribution in [0.25, 0.3) is 0 Å². The first-order chi connectivity index (χ1) is 7.62. The third-order valence-corrected chi connectivity index (χ3v) is 4.36. The molecule has 0 unspecified atom stereocenters. The summed E-state index contributed by atoms with van der Waals surface area (Å²) in [4.78, 5) is 0.183. The zero-order valence-electron chi connectivity index (χ0n) is 10.3. The van der Waals surface area contributed by atoms with Crippen molar-refractivity contribution in [2.75, 3.05) is 5.75 Å². The van der Waals surface area contributed by atoms with Gasteiger partial charge in [0.1, 0.15) is 5.82 Å². The summed E-state index contributed by atoms with van der Waals surface area (Å²) in [7, 11) is -3.39. The SMILES string of the molecule is Cc1cc(F)ccc1S(=O)(=O)CCC(C)(C)N. The standard InChI is InChI=1S/C12H18FNO2S/c1-9-8-10(13)4-5-11(9)17(15,16)7-6-12(2,3)14/h4-5,8H,6-7,14H2,1-3H3. The molecule has 0 amide bonds. The van der Waals surface area contributed by atoms with Crippen molar-refractivity contribution in [3.8, 4) is 0 Å². The maximum absolute atomic E-state index is 12.9. The van der Waals surface area contributed by atoms with Gasteiger partial charge in [-0.3, -0.25) is 0 Å². The van der Waals surface area contributed by atoms with E-state index in [1.807, 2.05) is 0 Å². The van der Waals surface area contributed by atoms with E-state index in [1.54, 1.807) is 20.8 Å². The fourth-order valence-electron chi connectivity index (χ4n) is 1.47. The summed E-state index contributed by atoms with van der Waals surface area (Å²) in [6, 6.07) is 3.69. The van der Waals surface area contributed by atoms with E-state index in [0.29, 0.717) is 12.0 Å². The number of hydrogen-bond acceptors (Lipinski definition) is 3. The highest BCUT2D eigenvalue weighted by Crippen LogP contribution is 2.19. The Hall–Kier alpha value is -0.940. The molecule has 1 aromatic rings. The first-order valence-corrected chi connectivity index (χ1v) is 7.05. The van der Waals surface area contributed by atoms with E-state index >= 15 is 0 Å². The van der Waals surface area contributed by atoms with Crippen molar-refractivity contribution >= 4 is 9.84 Å². The van der Waals surface area contributed by atoms with Crippen LogP contribution in [0.15, 0.2) is 23.1 Å². The quantitative estimate of drug-likeness (QED) is 0.842. The molecule has 2 N–H and O–H groups in total. The second kappa shape index (κ2) is 4.74. The topological polar surface area (TPSA) is 60.2 Å². The molecule has 0 fully saturated rings. The Morgan fingerprint density at radius 1 is 1.35 bits per heavy atom. The summed E-state index contributed by atoms with van der Waals surface area (Å²) < 4.78 is 37.0. The first kappa shape index (κ1) is 14.1. The van der Waals surface area contributed by atoms with Crippen LogP contribution in [0.4, 0.5) is 4.39 Å². The monoisotopic (exact) mass is 259 g/mol. The molecule has 5 heteroatoms. The third kappa shape index (κ3) is 4.09. The van der Waals surface area contributed by atoms with Gasteiger partial charge in [-0.1, -0.05) is 0 Å². The van der Waals surface area contributed by atoms with E-state index in [9.17, 15) is 12.8 Å². The Morgan fingerprint density at radius 2 is 1.94 bits per heavy atom. The molecule has 0 saturated carbocycles. The smallest absolute Gasteiger partial charge is 0.178 e. The molecule has 17 heavy (non-hydrogen) atoms. The predicted octanol–water partition coefficient (Wildman–Crippen LogP) is 2.04. The minimum absolute atomic E-state index is 0.0248. The van der Waals surface area contributed by atoms with Crippen LogP contribution in [0.2, 0.25) is 0 Å². The van der Waals surface area contributed by atoms with Crippen LogP contribution in [-0.4, -0.2) is 19.7 Å². The second-order valence-electron chi connectivity index (χ2n) is 4.97. The van der Waals surface area contributed by atoms with Gasteiger partial charge in [-0.15, -0.1) is 0 Å². The van der Waals surface area contributed by atoms with Crippen molar-refractivity contribution in [3.05, 3.63) is 29.6 Å². The Kier molecular flexibility index (Phi) is 3.94. The van der Waals surface area contributed by atoms with Crippen molar-refractivity contribution in [3.63, 3.8) is 0 Å². The van der Waals surface area contributed by atoms with Gasteiger partial charge in [0, 0.05) is 5.54 Å². The molecule has 0 radical (unpaired) electrons. The van der Waals surface area contributed by atoms with Gasteiger partial charge in [-0.05, 0) is 51.0 Å². The van der Waals surface area contributed by atoms with Crippen molar-refractivity contribution in [1.29, 1.82) is 0 Å². The summed E-state index contributed by atoms with van der Waals surface area (Å²) in [5.41, 5.74) is 5.66. The summed E-state index contributed by atoms with van der Waals surface area (Å²) >= 11 is 0. The maximum atomic E-state index is 12.9. The summed E-state index contributed by atoms with van der Waals surface area (Å²) in [6.45, 7) is 5.14. The highest BCUT2D eigenvalue weighted by molar-refractivity contribution is 7.91. The number of halogens is 1. The summed E-state index contributed by atoms with van der Waals surface area (Å²) in [6.07, 6.45) is 0.367. The Labute approximate surface area is 102 Å². The zero-order valence-corrected chi connectivity index (χ0v) is 11.1. The lowest BCUT2D eigenvalue weighted by atomic mass is 10.0. The largest absolute Gasteiger partial charge is 0.326 e. The highest BCUT2D eigenvalue weighted by Gasteiger charge is 2.21. The van der Waals surface area contributed by atoms with Gasteiger partial charge in [0.15, 0.2) is 9.84 Å². The lowest BCUT2D eigenvalue weighted by molar-refractivity contribution is 0.495. The predicted molar refractivity (Wildman–Crippen MR) is 66.1 cm³/mol. The molecule has 0 bridgehead atoms. The molecule has 0 heterocycles. The van der Waals surface area contributed by atoms with Gasteiger partial charge >= 0.3 is 0 Å². The minimum Gasteiger partial charge on any atom is -0.326 e. The average Bonchev–Trinajstić information content (AvgIpc) is 2.13. The van der Waals surface area contributed by atoms with Gasteiger partial charge in [0.2, 0.25) is 0 Å². The molecule has 0 aliphatic carbocycles. The van der Waals surface area contributed by atoms with E-state index in [-0.39, 0.29) is 10.6 Å². The molecule has 0 aliphatic heterocycles.